The molecule has 94 valence electrons. The third kappa shape index (κ3) is 2.22. The molecule has 0 aliphatic heterocycles. The molecule has 3 heteroatoms. The Morgan fingerprint density at radius 1 is 1.05 bits per heavy atom. The zero-order chi connectivity index (χ0) is 13.2. The summed E-state index contributed by atoms with van der Waals surface area (Å²) in [4.78, 5) is 11.1. The van der Waals surface area contributed by atoms with E-state index in [2.05, 4.69) is 0 Å². The summed E-state index contributed by atoms with van der Waals surface area (Å²) >= 11 is 0. The first-order valence-corrected chi connectivity index (χ1v) is 6.03. The third-order valence-corrected chi connectivity index (χ3v) is 3.05. The van der Waals surface area contributed by atoms with Crippen LogP contribution in [0, 0.1) is 0 Å². The third-order valence-electron chi connectivity index (χ3n) is 3.05. The van der Waals surface area contributed by atoms with Crippen molar-refractivity contribution >= 4 is 16.9 Å². The summed E-state index contributed by atoms with van der Waals surface area (Å²) in [5.41, 5.74) is 1.79. The Morgan fingerprint density at radius 3 is 2.58 bits per heavy atom. The van der Waals surface area contributed by atoms with Crippen molar-refractivity contribution in [2.45, 2.75) is 6.42 Å². The SMILES string of the molecule is O=C(O)c1cccc2cc(Cc3ccccc3)oc12. The number of hydrogen-bond donors (Lipinski definition) is 1. The molecule has 1 heterocycles. The number of carboxylic acid groups (broad SMARTS) is 1. The largest absolute Gasteiger partial charge is 0.478 e. The number of carboxylic acids is 1. The van der Waals surface area contributed by atoms with Crippen LogP contribution in [-0.4, -0.2) is 11.1 Å². The maximum Gasteiger partial charge on any atom is 0.339 e. The van der Waals surface area contributed by atoms with Crippen LogP contribution in [-0.2, 0) is 6.42 Å². The summed E-state index contributed by atoms with van der Waals surface area (Å²) < 4.78 is 5.68. The Labute approximate surface area is 110 Å². The zero-order valence-electron chi connectivity index (χ0n) is 10.2. The van der Waals surface area contributed by atoms with E-state index < -0.39 is 5.97 Å². The highest BCUT2D eigenvalue weighted by Crippen LogP contribution is 2.24. The molecule has 3 rings (SSSR count). The molecule has 0 spiro atoms. The van der Waals surface area contributed by atoms with E-state index in [1.807, 2.05) is 42.5 Å². The lowest BCUT2D eigenvalue weighted by Crippen LogP contribution is -1.95. The Morgan fingerprint density at radius 2 is 1.84 bits per heavy atom. The maximum atomic E-state index is 11.1. The number of aromatic carboxylic acids is 1. The molecule has 0 aliphatic rings. The molecule has 2 aromatic carbocycles. The average Bonchev–Trinajstić information content (AvgIpc) is 2.81. The molecule has 0 atom stereocenters. The minimum atomic E-state index is -0.966. The summed E-state index contributed by atoms with van der Waals surface area (Å²) in [7, 11) is 0. The van der Waals surface area contributed by atoms with Crippen LogP contribution < -0.4 is 0 Å². The van der Waals surface area contributed by atoms with Gasteiger partial charge in [0, 0.05) is 11.8 Å². The van der Waals surface area contributed by atoms with Gasteiger partial charge in [0.1, 0.15) is 16.9 Å². The normalized spacial score (nSPS) is 10.7. The molecular weight excluding hydrogens is 240 g/mol. The first kappa shape index (κ1) is 11.5. The van der Waals surface area contributed by atoms with Gasteiger partial charge in [0.15, 0.2) is 0 Å². The molecule has 3 aromatic rings. The van der Waals surface area contributed by atoms with E-state index in [9.17, 15) is 4.79 Å². The van der Waals surface area contributed by atoms with Crippen LogP contribution in [0.25, 0.3) is 11.0 Å². The second-order valence-corrected chi connectivity index (χ2v) is 4.40. The monoisotopic (exact) mass is 252 g/mol. The smallest absolute Gasteiger partial charge is 0.339 e. The zero-order valence-corrected chi connectivity index (χ0v) is 10.2. The van der Waals surface area contributed by atoms with Crippen molar-refractivity contribution in [3.63, 3.8) is 0 Å². The fourth-order valence-corrected chi connectivity index (χ4v) is 2.17. The maximum absolute atomic E-state index is 11.1. The van der Waals surface area contributed by atoms with Crippen LogP contribution in [0.2, 0.25) is 0 Å². The van der Waals surface area contributed by atoms with Crippen LogP contribution in [0.3, 0.4) is 0 Å². The van der Waals surface area contributed by atoms with Crippen molar-refractivity contribution in [1.82, 2.24) is 0 Å². The van der Waals surface area contributed by atoms with Gasteiger partial charge in [-0.3, -0.25) is 0 Å². The molecule has 0 amide bonds. The predicted molar refractivity (Wildman–Crippen MR) is 72.4 cm³/mol. The van der Waals surface area contributed by atoms with Crippen molar-refractivity contribution in [2.24, 2.45) is 0 Å². The highest BCUT2D eigenvalue weighted by molar-refractivity contribution is 6.01. The van der Waals surface area contributed by atoms with Gasteiger partial charge in [0.2, 0.25) is 0 Å². The van der Waals surface area contributed by atoms with Crippen molar-refractivity contribution in [3.05, 3.63) is 71.5 Å². The molecule has 0 fully saturated rings. The minimum Gasteiger partial charge on any atom is -0.478 e. The van der Waals surface area contributed by atoms with Gasteiger partial charge in [-0.05, 0) is 17.7 Å². The molecule has 1 aromatic heterocycles. The second kappa shape index (κ2) is 4.61. The molecule has 19 heavy (non-hydrogen) atoms. The minimum absolute atomic E-state index is 0.205. The molecule has 0 saturated heterocycles. The number of carbonyl (C=O) groups is 1. The van der Waals surface area contributed by atoms with Crippen LogP contribution in [0.5, 0.6) is 0 Å². The Kier molecular flexibility index (Phi) is 2.80. The van der Waals surface area contributed by atoms with Gasteiger partial charge < -0.3 is 9.52 Å². The van der Waals surface area contributed by atoms with Gasteiger partial charge in [-0.1, -0.05) is 42.5 Å². The standard InChI is InChI=1S/C16H12O3/c17-16(18)14-8-4-7-12-10-13(19-15(12)14)9-11-5-2-1-3-6-11/h1-8,10H,9H2,(H,17,18). The highest BCUT2D eigenvalue weighted by Gasteiger charge is 2.13. The van der Waals surface area contributed by atoms with Crippen LogP contribution in [0.4, 0.5) is 0 Å². The van der Waals surface area contributed by atoms with Gasteiger partial charge >= 0.3 is 5.97 Å². The molecule has 0 radical (unpaired) electrons. The molecule has 0 bridgehead atoms. The van der Waals surface area contributed by atoms with Crippen molar-refractivity contribution in [3.8, 4) is 0 Å². The Bertz CT molecular complexity index is 726. The molecule has 0 aliphatic carbocycles. The summed E-state index contributed by atoms with van der Waals surface area (Å²) in [6.07, 6.45) is 0.661. The fraction of sp³-hybridized carbons (Fsp3) is 0.0625. The number of para-hydroxylation sites is 1. The lowest BCUT2D eigenvalue weighted by Gasteiger charge is -1.97. The Balaban J connectivity index is 2.03. The molecular formula is C16H12O3. The summed E-state index contributed by atoms with van der Waals surface area (Å²) in [6.45, 7) is 0. The van der Waals surface area contributed by atoms with Gasteiger partial charge in [-0.15, -0.1) is 0 Å². The van der Waals surface area contributed by atoms with Crippen LogP contribution in [0.15, 0.2) is 59.0 Å². The van der Waals surface area contributed by atoms with Gasteiger partial charge in [-0.2, -0.15) is 0 Å². The predicted octanol–water partition coefficient (Wildman–Crippen LogP) is 3.72. The second-order valence-electron chi connectivity index (χ2n) is 4.40. The quantitative estimate of drug-likeness (QED) is 0.772. The number of fused-ring (bicyclic) bond motifs is 1. The Hall–Kier alpha value is -2.55. The van der Waals surface area contributed by atoms with E-state index in [0.717, 1.165) is 16.7 Å². The van der Waals surface area contributed by atoms with Crippen molar-refractivity contribution < 1.29 is 14.3 Å². The van der Waals surface area contributed by atoms with Gasteiger partial charge in [0.05, 0.1) is 0 Å². The van der Waals surface area contributed by atoms with E-state index in [1.165, 1.54) is 0 Å². The van der Waals surface area contributed by atoms with E-state index >= 15 is 0 Å². The van der Waals surface area contributed by atoms with Crippen LogP contribution in [0.1, 0.15) is 21.7 Å². The fourth-order valence-electron chi connectivity index (χ4n) is 2.17. The number of benzene rings is 2. The average molecular weight is 252 g/mol. The molecule has 3 nitrogen and oxygen atoms in total. The highest BCUT2D eigenvalue weighted by atomic mass is 16.4. The number of furan rings is 1. The van der Waals surface area contributed by atoms with E-state index in [-0.39, 0.29) is 5.56 Å². The summed E-state index contributed by atoms with van der Waals surface area (Å²) in [6, 6.07) is 17.0. The lowest BCUT2D eigenvalue weighted by molar-refractivity contribution is 0.0698. The lowest BCUT2D eigenvalue weighted by atomic mass is 10.1. The van der Waals surface area contributed by atoms with E-state index in [1.54, 1.807) is 12.1 Å². The molecule has 1 N–H and O–H groups in total. The van der Waals surface area contributed by atoms with Gasteiger partial charge in [0.25, 0.3) is 0 Å². The van der Waals surface area contributed by atoms with Crippen molar-refractivity contribution in [2.75, 3.05) is 0 Å². The van der Waals surface area contributed by atoms with Crippen LogP contribution >= 0.6 is 0 Å². The number of rotatable bonds is 3. The molecule has 0 unspecified atom stereocenters. The summed E-state index contributed by atoms with van der Waals surface area (Å²) in [5.74, 6) is -0.193. The first-order chi connectivity index (χ1) is 9.24. The first-order valence-electron chi connectivity index (χ1n) is 6.03. The number of hydrogen-bond acceptors (Lipinski definition) is 2. The molecule has 0 saturated carbocycles. The topological polar surface area (TPSA) is 50.4 Å². The van der Waals surface area contributed by atoms with E-state index in [0.29, 0.717) is 12.0 Å². The van der Waals surface area contributed by atoms with E-state index in [4.69, 9.17) is 9.52 Å². The van der Waals surface area contributed by atoms with Gasteiger partial charge in [-0.25, -0.2) is 4.79 Å². The summed E-state index contributed by atoms with van der Waals surface area (Å²) in [5, 5.41) is 9.95. The van der Waals surface area contributed by atoms with Crippen molar-refractivity contribution in [1.29, 1.82) is 0 Å².